The monoisotopic (exact) mass is 387 g/mol. The number of likely N-dealkylation sites (tertiary alicyclic amines) is 2. The van der Waals surface area contributed by atoms with Crippen molar-refractivity contribution in [3.8, 4) is 0 Å². The number of hydrogen-bond donors (Lipinski definition) is 0. The predicted octanol–water partition coefficient (Wildman–Crippen LogP) is 4.00. The highest BCUT2D eigenvalue weighted by Gasteiger charge is 2.42. The summed E-state index contributed by atoms with van der Waals surface area (Å²) >= 11 is 5.93. The van der Waals surface area contributed by atoms with Gasteiger partial charge in [-0.15, -0.1) is 0 Å². The first kappa shape index (κ1) is 18.4. The van der Waals surface area contributed by atoms with Crippen LogP contribution in [0.5, 0.6) is 0 Å². The second-order valence-electron chi connectivity index (χ2n) is 7.75. The van der Waals surface area contributed by atoms with Crippen molar-refractivity contribution in [2.45, 2.75) is 25.8 Å². The van der Waals surface area contributed by atoms with Crippen molar-refractivity contribution in [1.29, 1.82) is 0 Å². The van der Waals surface area contributed by atoms with Crippen molar-refractivity contribution < 1.29 is 9.18 Å². The van der Waals surface area contributed by atoms with Gasteiger partial charge in [0.25, 0.3) is 5.91 Å². The van der Waals surface area contributed by atoms with Crippen LogP contribution >= 0.6 is 11.6 Å². The molecule has 1 atom stereocenters. The zero-order chi connectivity index (χ0) is 18.9. The average molecular weight is 388 g/mol. The Balaban J connectivity index is 1.43. The van der Waals surface area contributed by atoms with Gasteiger partial charge in [0.05, 0.1) is 0 Å². The molecular formula is C21H23ClFN3O. The predicted molar refractivity (Wildman–Crippen MR) is 103 cm³/mol. The molecule has 4 rings (SSSR count). The number of aromatic nitrogens is 1. The van der Waals surface area contributed by atoms with Crippen LogP contribution in [0, 0.1) is 11.2 Å². The van der Waals surface area contributed by atoms with Gasteiger partial charge in [-0.25, -0.2) is 9.37 Å². The standard InChI is InChI=1S/C21H23ClFN3O/c22-19-12-16(6-9-24-19)20(27)26-11-8-21(15-26)7-3-10-25(14-21)13-17-4-1-2-5-18(17)23/h1-2,4-6,9,12H,3,7-8,10-11,13-15H2. The third-order valence-electron chi connectivity index (χ3n) is 5.79. The number of halogens is 2. The molecule has 2 aromatic rings. The molecule has 0 saturated carbocycles. The molecule has 0 aliphatic carbocycles. The minimum Gasteiger partial charge on any atom is -0.338 e. The fraction of sp³-hybridized carbons (Fsp3) is 0.429. The molecule has 2 saturated heterocycles. The second kappa shape index (κ2) is 7.56. The fourth-order valence-electron chi connectivity index (χ4n) is 4.47. The third-order valence-corrected chi connectivity index (χ3v) is 6.00. The number of carbonyl (C=O) groups excluding carboxylic acids is 1. The van der Waals surface area contributed by atoms with Crippen molar-refractivity contribution >= 4 is 17.5 Å². The minimum absolute atomic E-state index is 0.0161. The second-order valence-corrected chi connectivity index (χ2v) is 8.14. The van der Waals surface area contributed by atoms with E-state index in [0.29, 0.717) is 17.3 Å². The number of amides is 1. The van der Waals surface area contributed by atoms with Gasteiger partial charge >= 0.3 is 0 Å². The van der Waals surface area contributed by atoms with Crippen LogP contribution < -0.4 is 0 Å². The van der Waals surface area contributed by atoms with Crippen molar-refractivity contribution in [3.63, 3.8) is 0 Å². The lowest BCUT2D eigenvalue weighted by Crippen LogP contribution is -2.45. The van der Waals surface area contributed by atoms with Crippen LogP contribution in [0.3, 0.4) is 0 Å². The van der Waals surface area contributed by atoms with Gasteiger partial charge in [0, 0.05) is 48.9 Å². The highest BCUT2D eigenvalue weighted by Crippen LogP contribution is 2.40. The first-order valence-corrected chi connectivity index (χ1v) is 9.79. The van der Waals surface area contributed by atoms with Gasteiger partial charge in [-0.05, 0) is 44.0 Å². The fourth-order valence-corrected chi connectivity index (χ4v) is 4.65. The van der Waals surface area contributed by atoms with Crippen LogP contribution in [0.4, 0.5) is 4.39 Å². The lowest BCUT2D eigenvalue weighted by Gasteiger charge is -2.40. The third kappa shape index (κ3) is 3.99. The van der Waals surface area contributed by atoms with Crippen LogP contribution in [-0.2, 0) is 6.54 Å². The summed E-state index contributed by atoms with van der Waals surface area (Å²) in [4.78, 5) is 21.0. The Morgan fingerprint density at radius 1 is 1.19 bits per heavy atom. The topological polar surface area (TPSA) is 36.4 Å². The van der Waals surface area contributed by atoms with Gasteiger partial charge in [-0.3, -0.25) is 9.69 Å². The minimum atomic E-state index is -0.144. The smallest absolute Gasteiger partial charge is 0.254 e. The van der Waals surface area contributed by atoms with E-state index in [1.54, 1.807) is 24.4 Å². The number of piperidine rings is 1. The maximum atomic E-state index is 14.0. The summed E-state index contributed by atoms with van der Waals surface area (Å²) in [6.07, 6.45) is 4.75. The molecule has 27 heavy (non-hydrogen) atoms. The molecule has 0 N–H and O–H groups in total. The lowest BCUT2D eigenvalue weighted by atomic mass is 9.79. The van der Waals surface area contributed by atoms with Crippen molar-refractivity contribution in [2.75, 3.05) is 26.2 Å². The molecule has 0 radical (unpaired) electrons. The van der Waals surface area contributed by atoms with Crippen molar-refractivity contribution in [3.05, 3.63) is 64.7 Å². The number of nitrogens with zero attached hydrogens (tertiary/aromatic N) is 3. The molecule has 1 amide bonds. The zero-order valence-corrected chi connectivity index (χ0v) is 16.0. The van der Waals surface area contributed by atoms with E-state index >= 15 is 0 Å². The largest absolute Gasteiger partial charge is 0.338 e. The SMILES string of the molecule is O=C(c1ccnc(Cl)c1)N1CCC2(CCCN(Cc3ccccc3F)C2)C1. The normalized spacial score (nSPS) is 23.1. The molecule has 1 aromatic heterocycles. The Labute approximate surface area is 163 Å². The zero-order valence-electron chi connectivity index (χ0n) is 15.2. The first-order valence-electron chi connectivity index (χ1n) is 9.41. The molecule has 2 aliphatic rings. The maximum Gasteiger partial charge on any atom is 0.254 e. The van der Waals surface area contributed by atoms with E-state index in [4.69, 9.17) is 11.6 Å². The van der Waals surface area contributed by atoms with Gasteiger partial charge in [-0.1, -0.05) is 29.8 Å². The van der Waals surface area contributed by atoms with E-state index in [2.05, 4.69) is 9.88 Å². The van der Waals surface area contributed by atoms with Crippen LogP contribution in [0.15, 0.2) is 42.6 Å². The molecule has 2 fully saturated rings. The van der Waals surface area contributed by atoms with Gasteiger partial charge in [-0.2, -0.15) is 0 Å². The Morgan fingerprint density at radius 3 is 2.85 bits per heavy atom. The molecule has 6 heteroatoms. The number of carbonyl (C=O) groups is 1. The molecule has 1 spiro atoms. The van der Waals surface area contributed by atoms with E-state index in [0.717, 1.165) is 51.0 Å². The summed E-state index contributed by atoms with van der Waals surface area (Å²) in [6.45, 7) is 4.01. The summed E-state index contributed by atoms with van der Waals surface area (Å²) in [5.74, 6) is -0.127. The molecule has 0 bridgehead atoms. The number of rotatable bonds is 3. The Kier molecular flexibility index (Phi) is 5.15. The number of benzene rings is 1. The van der Waals surface area contributed by atoms with Crippen LogP contribution in [-0.4, -0.2) is 46.9 Å². The molecule has 2 aliphatic heterocycles. The van der Waals surface area contributed by atoms with Gasteiger partial charge in [0.2, 0.25) is 0 Å². The van der Waals surface area contributed by atoms with E-state index in [-0.39, 0.29) is 17.1 Å². The molecule has 142 valence electrons. The van der Waals surface area contributed by atoms with Crippen LogP contribution in [0.1, 0.15) is 35.2 Å². The first-order chi connectivity index (χ1) is 13.0. The highest BCUT2D eigenvalue weighted by atomic mass is 35.5. The molecule has 4 nitrogen and oxygen atoms in total. The van der Waals surface area contributed by atoms with Crippen LogP contribution in [0.25, 0.3) is 0 Å². The maximum absolute atomic E-state index is 14.0. The van der Waals surface area contributed by atoms with E-state index in [9.17, 15) is 9.18 Å². The van der Waals surface area contributed by atoms with E-state index in [1.165, 1.54) is 6.07 Å². The Bertz CT molecular complexity index is 846. The molecule has 1 aromatic carbocycles. The molecular weight excluding hydrogens is 365 g/mol. The summed E-state index contributed by atoms with van der Waals surface area (Å²) in [6, 6.07) is 10.3. The number of hydrogen-bond acceptors (Lipinski definition) is 3. The summed E-state index contributed by atoms with van der Waals surface area (Å²) in [5, 5.41) is 0.337. The average Bonchev–Trinajstić information content (AvgIpc) is 3.06. The Morgan fingerprint density at radius 2 is 2.04 bits per heavy atom. The van der Waals surface area contributed by atoms with Gasteiger partial charge in [0.15, 0.2) is 0 Å². The van der Waals surface area contributed by atoms with Gasteiger partial charge < -0.3 is 4.90 Å². The quantitative estimate of drug-likeness (QED) is 0.747. The van der Waals surface area contributed by atoms with Gasteiger partial charge in [0.1, 0.15) is 11.0 Å². The summed E-state index contributed by atoms with van der Waals surface area (Å²) < 4.78 is 14.0. The summed E-state index contributed by atoms with van der Waals surface area (Å²) in [5.41, 5.74) is 1.44. The molecule has 3 heterocycles. The van der Waals surface area contributed by atoms with Crippen LogP contribution in [0.2, 0.25) is 5.15 Å². The highest BCUT2D eigenvalue weighted by molar-refractivity contribution is 6.29. The van der Waals surface area contributed by atoms with Crippen molar-refractivity contribution in [1.82, 2.24) is 14.8 Å². The van der Waals surface area contributed by atoms with Crippen molar-refractivity contribution in [2.24, 2.45) is 5.41 Å². The lowest BCUT2D eigenvalue weighted by molar-refractivity contribution is 0.0673. The Hall–Kier alpha value is -1.98. The van der Waals surface area contributed by atoms with E-state index in [1.807, 2.05) is 17.0 Å². The molecule has 1 unspecified atom stereocenters. The van der Waals surface area contributed by atoms with E-state index < -0.39 is 0 Å². The summed E-state index contributed by atoms with van der Waals surface area (Å²) in [7, 11) is 0. The number of pyridine rings is 1.